The second kappa shape index (κ2) is 12.2. The van der Waals surface area contributed by atoms with Crippen molar-refractivity contribution in [3.05, 3.63) is 35.4 Å². The molecule has 1 amide bonds. The van der Waals surface area contributed by atoms with E-state index in [-0.39, 0.29) is 13.0 Å². The van der Waals surface area contributed by atoms with Gasteiger partial charge in [-0.05, 0) is 70.4 Å². The number of aryl methyl sites for hydroxylation is 2. The third-order valence-electron chi connectivity index (χ3n) is 4.52. The van der Waals surface area contributed by atoms with Gasteiger partial charge in [0.25, 0.3) is 0 Å². The van der Waals surface area contributed by atoms with Crippen LogP contribution in [-0.4, -0.2) is 51.6 Å². The first-order valence-electron chi connectivity index (χ1n) is 10.2. The summed E-state index contributed by atoms with van der Waals surface area (Å²) < 4.78 is 5.06. The minimum Gasteiger partial charge on any atom is -0.481 e. The Morgan fingerprint density at radius 3 is 1.93 bits per heavy atom. The maximum atomic E-state index is 11.9. The summed E-state index contributed by atoms with van der Waals surface area (Å²) in [6, 6.07) is 6.60. The highest BCUT2D eigenvalue weighted by molar-refractivity contribution is 5.81. The number of benzene rings is 1. The number of nitrogens with one attached hydrogen (secondary N) is 1. The second-order valence-corrected chi connectivity index (χ2v) is 8.34. The van der Waals surface area contributed by atoms with Crippen LogP contribution in [0, 0.1) is 5.92 Å². The van der Waals surface area contributed by atoms with E-state index in [1.165, 1.54) is 0 Å². The summed E-state index contributed by atoms with van der Waals surface area (Å²) in [5.41, 5.74) is 1.41. The number of amides is 1. The van der Waals surface area contributed by atoms with Gasteiger partial charge in [0.1, 0.15) is 11.6 Å². The Morgan fingerprint density at radius 1 is 0.967 bits per heavy atom. The number of ether oxygens (including phenoxy) is 1. The fourth-order valence-corrected chi connectivity index (χ4v) is 3.01. The van der Waals surface area contributed by atoms with Crippen LogP contribution in [0.25, 0.3) is 0 Å². The third-order valence-corrected chi connectivity index (χ3v) is 4.52. The maximum Gasteiger partial charge on any atom is 0.408 e. The standard InChI is InChI=1S/C22H33NO7/c1-22(2,3)30-21(29)23-18(20(27)28)14-17(19(25)26)8-4-6-15-9-11-16(12-10-15)7-5-13-24/h9-12,17-18,24H,4-8,13-14H2,1-3H3,(H,23,29)(H,25,26)(H,27,28)/t17-,18-/m0/s1. The van der Waals surface area contributed by atoms with E-state index in [4.69, 9.17) is 9.84 Å². The number of aliphatic carboxylic acids is 2. The monoisotopic (exact) mass is 423 g/mol. The van der Waals surface area contributed by atoms with Crippen molar-refractivity contribution in [3.8, 4) is 0 Å². The topological polar surface area (TPSA) is 133 Å². The summed E-state index contributed by atoms with van der Waals surface area (Å²) in [5.74, 6) is -3.29. The van der Waals surface area contributed by atoms with E-state index in [1.54, 1.807) is 20.8 Å². The zero-order valence-corrected chi connectivity index (χ0v) is 17.9. The molecule has 0 unspecified atom stereocenters. The minimum atomic E-state index is -1.34. The lowest BCUT2D eigenvalue weighted by Crippen LogP contribution is -2.45. The summed E-state index contributed by atoms with van der Waals surface area (Å²) >= 11 is 0. The molecule has 0 radical (unpaired) electrons. The van der Waals surface area contributed by atoms with Gasteiger partial charge < -0.3 is 25.4 Å². The second-order valence-electron chi connectivity index (χ2n) is 8.34. The number of alkyl carbamates (subject to hydrolysis) is 1. The van der Waals surface area contributed by atoms with Gasteiger partial charge in [0.05, 0.1) is 5.92 Å². The van der Waals surface area contributed by atoms with E-state index in [0.717, 1.165) is 17.5 Å². The number of carboxylic acid groups (broad SMARTS) is 2. The van der Waals surface area contributed by atoms with E-state index in [2.05, 4.69) is 5.32 Å². The van der Waals surface area contributed by atoms with E-state index in [0.29, 0.717) is 25.7 Å². The van der Waals surface area contributed by atoms with E-state index >= 15 is 0 Å². The molecule has 0 bridgehead atoms. The maximum absolute atomic E-state index is 11.9. The van der Waals surface area contributed by atoms with Crippen molar-refractivity contribution in [1.29, 1.82) is 0 Å². The van der Waals surface area contributed by atoms with Crippen molar-refractivity contribution >= 4 is 18.0 Å². The van der Waals surface area contributed by atoms with E-state index in [9.17, 15) is 24.6 Å². The van der Waals surface area contributed by atoms with Crippen LogP contribution in [0.1, 0.15) is 57.6 Å². The lowest BCUT2D eigenvalue weighted by atomic mass is 9.93. The quantitative estimate of drug-likeness (QED) is 0.406. The van der Waals surface area contributed by atoms with Crippen LogP contribution in [0.15, 0.2) is 24.3 Å². The Kier molecular flexibility index (Phi) is 10.3. The van der Waals surface area contributed by atoms with Crippen LogP contribution >= 0.6 is 0 Å². The van der Waals surface area contributed by atoms with Crippen molar-refractivity contribution in [3.63, 3.8) is 0 Å². The molecule has 1 aromatic rings. The molecule has 0 spiro atoms. The van der Waals surface area contributed by atoms with Gasteiger partial charge in [-0.25, -0.2) is 9.59 Å². The molecule has 0 aliphatic carbocycles. The van der Waals surface area contributed by atoms with Crippen molar-refractivity contribution in [2.24, 2.45) is 5.92 Å². The highest BCUT2D eigenvalue weighted by Crippen LogP contribution is 2.18. The van der Waals surface area contributed by atoms with Crippen LogP contribution in [0.2, 0.25) is 0 Å². The molecule has 30 heavy (non-hydrogen) atoms. The molecule has 8 heteroatoms. The Labute approximate surface area is 177 Å². The first kappa shape index (κ1) is 25.4. The van der Waals surface area contributed by atoms with Crippen LogP contribution in [0.3, 0.4) is 0 Å². The number of aliphatic hydroxyl groups excluding tert-OH is 1. The third kappa shape index (κ3) is 10.2. The highest BCUT2D eigenvalue weighted by Gasteiger charge is 2.29. The predicted octanol–water partition coefficient (Wildman–Crippen LogP) is 3.00. The molecule has 2 atom stereocenters. The van der Waals surface area contributed by atoms with Crippen molar-refractivity contribution < 1.29 is 34.4 Å². The summed E-state index contributed by atoms with van der Waals surface area (Å²) in [7, 11) is 0. The average molecular weight is 424 g/mol. The normalized spacial score (nSPS) is 13.3. The Hall–Kier alpha value is -2.61. The van der Waals surface area contributed by atoms with Gasteiger partial charge in [-0.2, -0.15) is 0 Å². The lowest BCUT2D eigenvalue weighted by molar-refractivity contribution is -0.144. The summed E-state index contributed by atoms with van der Waals surface area (Å²) in [6.07, 6.45) is 1.94. The number of carbonyl (C=O) groups excluding carboxylic acids is 1. The summed E-state index contributed by atoms with van der Waals surface area (Å²) in [5, 5.41) is 30.0. The fraction of sp³-hybridized carbons (Fsp3) is 0.591. The molecule has 4 N–H and O–H groups in total. The minimum absolute atomic E-state index is 0.151. The van der Waals surface area contributed by atoms with Crippen molar-refractivity contribution in [2.45, 2.75) is 70.9 Å². The average Bonchev–Trinajstić information content (AvgIpc) is 2.63. The lowest BCUT2D eigenvalue weighted by Gasteiger charge is -2.23. The molecular weight excluding hydrogens is 390 g/mol. The first-order valence-corrected chi connectivity index (χ1v) is 10.2. The molecule has 0 saturated carbocycles. The van der Waals surface area contributed by atoms with Crippen LogP contribution in [0.4, 0.5) is 4.79 Å². The van der Waals surface area contributed by atoms with Gasteiger partial charge in [0, 0.05) is 6.61 Å². The number of hydrogen-bond donors (Lipinski definition) is 4. The zero-order chi connectivity index (χ0) is 22.7. The molecule has 0 fully saturated rings. The molecule has 1 rings (SSSR count). The zero-order valence-electron chi connectivity index (χ0n) is 17.9. The highest BCUT2D eigenvalue weighted by atomic mass is 16.6. The number of aliphatic hydroxyl groups is 1. The fourth-order valence-electron chi connectivity index (χ4n) is 3.01. The molecule has 0 aliphatic heterocycles. The van der Waals surface area contributed by atoms with Gasteiger partial charge in [-0.15, -0.1) is 0 Å². The van der Waals surface area contributed by atoms with Crippen LogP contribution < -0.4 is 5.32 Å². The molecule has 1 aromatic carbocycles. The van der Waals surface area contributed by atoms with Crippen LogP contribution in [0.5, 0.6) is 0 Å². The van der Waals surface area contributed by atoms with Crippen molar-refractivity contribution in [1.82, 2.24) is 5.32 Å². The van der Waals surface area contributed by atoms with Gasteiger partial charge in [-0.3, -0.25) is 4.79 Å². The molecule has 168 valence electrons. The Morgan fingerprint density at radius 2 is 1.50 bits per heavy atom. The first-order chi connectivity index (χ1) is 14.0. The molecule has 0 aliphatic rings. The van der Waals surface area contributed by atoms with Gasteiger partial charge in [0.15, 0.2) is 0 Å². The predicted molar refractivity (Wildman–Crippen MR) is 111 cm³/mol. The molecule has 0 aromatic heterocycles. The number of carbonyl (C=O) groups is 3. The number of hydrogen-bond acceptors (Lipinski definition) is 5. The van der Waals surface area contributed by atoms with Gasteiger partial charge >= 0.3 is 18.0 Å². The number of rotatable bonds is 12. The molecule has 0 saturated heterocycles. The number of carboxylic acids is 2. The van der Waals surface area contributed by atoms with E-state index in [1.807, 2.05) is 24.3 Å². The smallest absolute Gasteiger partial charge is 0.408 e. The Bertz CT molecular complexity index is 694. The van der Waals surface area contributed by atoms with Gasteiger partial charge in [0.2, 0.25) is 0 Å². The summed E-state index contributed by atoms with van der Waals surface area (Å²) in [4.78, 5) is 34.9. The Balaban J connectivity index is 2.60. The van der Waals surface area contributed by atoms with Crippen LogP contribution in [-0.2, 0) is 27.2 Å². The van der Waals surface area contributed by atoms with Gasteiger partial charge in [-0.1, -0.05) is 24.3 Å². The van der Waals surface area contributed by atoms with E-state index < -0.39 is 35.6 Å². The van der Waals surface area contributed by atoms with Crippen molar-refractivity contribution in [2.75, 3.05) is 6.61 Å². The SMILES string of the molecule is CC(C)(C)OC(=O)N[C@@H](C[C@H](CCCc1ccc(CCCO)cc1)C(=O)O)C(=O)O. The molecular formula is C22H33NO7. The largest absolute Gasteiger partial charge is 0.481 e. The molecule has 8 nitrogen and oxygen atoms in total. The summed E-state index contributed by atoms with van der Waals surface area (Å²) in [6.45, 7) is 5.11. The molecule has 0 heterocycles.